The van der Waals surface area contributed by atoms with E-state index in [9.17, 15) is 4.79 Å². The Morgan fingerprint density at radius 1 is 1.35 bits per heavy atom. The zero-order valence-corrected chi connectivity index (χ0v) is 15.8. The summed E-state index contributed by atoms with van der Waals surface area (Å²) >= 11 is 0. The topological polar surface area (TPSA) is 76.6 Å². The summed E-state index contributed by atoms with van der Waals surface area (Å²) in [5.74, 6) is 0.816. The lowest BCUT2D eigenvalue weighted by molar-refractivity contribution is -0.136. The van der Waals surface area contributed by atoms with Crippen molar-refractivity contribution in [3.63, 3.8) is 0 Å². The molecule has 1 N–H and O–H groups in total. The van der Waals surface area contributed by atoms with E-state index in [2.05, 4.69) is 20.4 Å². The number of anilines is 1. The van der Waals surface area contributed by atoms with Crippen molar-refractivity contribution >= 4 is 11.7 Å². The molecule has 2 aliphatic rings. The summed E-state index contributed by atoms with van der Waals surface area (Å²) in [6, 6.07) is 4.06. The first-order valence-electron chi connectivity index (χ1n) is 9.70. The first-order chi connectivity index (χ1) is 12.6. The second-order valence-electron chi connectivity index (χ2n) is 7.29. The minimum atomic E-state index is -0.463. The molecule has 144 valence electrons. The van der Waals surface area contributed by atoms with Gasteiger partial charge in [0, 0.05) is 25.7 Å². The number of rotatable bonds is 6. The molecule has 1 aromatic heterocycles. The fourth-order valence-electron chi connectivity index (χ4n) is 3.45. The molecule has 3 heterocycles. The Bertz CT molecular complexity index is 575. The number of hydrogen-bond donors (Lipinski definition) is 1. The summed E-state index contributed by atoms with van der Waals surface area (Å²) in [6.45, 7) is 6.72. The van der Waals surface area contributed by atoms with Gasteiger partial charge in [0.05, 0.1) is 18.4 Å². The molecule has 2 aliphatic heterocycles. The molecular weight excluding hydrogens is 332 g/mol. The van der Waals surface area contributed by atoms with Gasteiger partial charge < -0.3 is 19.7 Å². The van der Waals surface area contributed by atoms with Crippen molar-refractivity contribution in [3.8, 4) is 0 Å². The molecule has 0 spiro atoms. The lowest BCUT2D eigenvalue weighted by Crippen LogP contribution is -2.50. The molecule has 3 rings (SSSR count). The second kappa shape index (κ2) is 9.28. The maximum Gasteiger partial charge on any atom is 0.249 e. The number of nitrogens with zero attached hydrogens (tertiary/aromatic N) is 3. The number of carbonyl (C=O) groups is 1. The van der Waals surface area contributed by atoms with E-state index in [-0.39, 0.29) is 18.1 Å². The fourth-order valence-corrected chi connectivity index (χ4v) is 3.45. The molecule has 0 aromatic carbocycles. The third-order valence-electron chi connectivity index (χ3n) is 5.05. The van der Waals surface area contributed by atoms with Gasteiger partial charge in [-0.1, -0.05) is 0 Å². The largest absolute Gasteiger partial charge is 0.376 e. The average Bonchev–Trinajstić information content (AvgIpc) is 2.67. The number of piperidine rings is 1. The monoisotopic (exact) mass is 362 g/mol. The number of aryl methyl sites for hydroxylation is 1. The molecule has 7 heteroatoms. The van der Waals surface area contributed by atoms with E-state index in [0.717, 1.165) is 56.9 Å². The maximum absolute atomic E-state index is 12.4. The van der Waals surface area contributed by atoms with Crippen LogP contribution in [0.4, 0.5) is 5.82 Å². The first kappa shape index (κ1) is 19.0. The highest BCUT2D eigenvalue weighted by Crippen LogP contribution is 2.18. The summed E-state index contributed by atoms with van der Waals surface area (Å²) < 4.78 is 11.4. The zero-order chi connectivity index (χ0) is 18.4. The van der Waals surface area contributed by atoms with Crippen LogP contribution in [-0.4, -0.2) is 60.7 Å². The van der Waals surface area contributed by atoms with Crippen LogP contribution < -0.4 is 10.2 Å². The van der Waals surface area contributed by atoms with Gasteiger partial charge in [-0.15, -0.1) is 5.10 Å². The fraction of sp³-hybridized carbons (Fsp3) is 0.737. The minimum Gasteiger partial charge on any atom is -0.376 e. The second-order valence-corrected chi connectivity index (χ2v) is 7.29. The van der Waals surface area contributed by atoms with Crippen LogP contribution >= 0.6 is 0 Å². The number of amides is 1. The summed E-state index contributed by atoms with van der Waals surface area (Å²) in [4.78, 5) is 14.6. The van der Waals surface area contributed by atoms with Crippen molar-refractivity contribution in [2.45, 2.75) is 64.2 Å². The highest BCUT2D eigenvalue weighted by molar-refractivity contribution is 5.80. The molecule has 2 saturated heterocycles. The molecular formula is C19H30N4O3. The molecule has 0 saturated carbocycles. The van der Waals surface area contributed by atoms with Crippen LogP contribution in [0.5, 0.6) is 0 Å². The average molecular weight is 362 g/mol. The molecule has 3 atom stereocenters. The number of nitrogens with one attached hydrogen (secondary N) is 1. The van der Waals surface area contributed by atoms with Gasteiger partial charge in [-0.25, -0.2) is 0 Å². The summed E-state index contributed by atoms with van der Waals surface area (Å²) in [5.41, 5.74) is 0.906. The van der Waals surface area contributed by atoms with Crippen LogP contribution in [0.3, 0.4) is 0 Å². The number of hydrogen-bond acceptors (Lipinski definition) is 6. The van der Waals surface area contributed by atoms with Gasteiger partial charge in [-0.2, -0.15) is 5.10 Å². The van der Waals surface area contributed by atoms with Gasteiger partial charge in [-0.3, -0.25) is 4.79 Å². The normalized spacial score (nSPS) is 24.9. The van der Waals surface area contributed by atoms with Gasteiger partial charge in [0.25, 0.3) is 0 Å². The molecule has 2 fully saturated rings. The van der Waals surface area contributed by atoms with E-state index in [4.69, 9.17) is 9.47 Å². The predicted molar refractivity (Wildman–Crippen MR) is 99.2 cm³/mol. The van der Waals surface area contributed by atoms with Gasteiger partial charge in [-0.05, 0) is 58.1 Å². The third kappa shape index (κ3) is 5.38. The van der Waals surface area contributed by atoms with Crippen LogP contribution in [-0.2, 0) is 14.3 Å². The van der Waals surface area contributed by atoms with Gasteiger partial charge in [0.15, 0.2) is 5.82 Å². The Morgan fingerprint density at radius 3 is 2.96 bits per heavy atom. The van der Waals surface area contributed by atoms with Crippen LogP contribution in [0.15, 0.2) is 12.1 Å². The molecule has 1 aromatic rings. The quantitative estimate of drug-likeness (QED) is 0.832. The van der Waals surface area contributed by atoms with Crippen molar-refractivity contribution in [1.82, 2.24) is 15.5 Å². The van der Waals surface area contributed by atoms with Crippen molar-refractivity contribution in [2.24, 2.45) is 0 Å². The van der Waals surface area contributed by atoms with Crippen molar-refractivity contribution in [1.29, 1.82) is 0 Å². The standard InChI is InChI=1S/C19H30N4O3/c1-14-8-9-18(22-21-14)23-10-5-6-16(12-23)20-19(24)15(2)26-13-17-7-3-4-11-25-17/h8-9,15-17H,3-7,10-13H2,1-2H3,(H,20,24). The van der Waals surface area contributed by atoms with E-state index in [1.54, 1.807) is 0 Å². The van der Waals surface area contributed by atoms with Crippen molar-refractivity contribution < 1.29 is 14.3 Å². The van der Waals surface area contributed by atoms with Gasteiger partial charge in [0.2, 0.25) is 5.91 Å². The van der Waals surface area contributed by atoms with Crippen LogP contribution in [0.2, 0.25) is 0 Å². The molecule has 26 heavy (non-hydrogen) atoms. The van der Waals surface area contributed by atoms with Gasteiger partial charge in [0.1, 0.15) is 6.10 Å². The zero-order valence-electron chi connectivity index (χ0n) is 15.8. The summed E-state index contributed by atoms with van der Waals surface area (Å²) in [6.07, 6.45) is 4.97. The van der Waals surface area contributed by atoms with E-state index in [0.29, 0.717) is 6.61 Å². The van der Waals surface area contributed by atoms with Crippen LogP contribution in [0, 0.1) is 6.92 Å². The Hall–Kier alpha value is -1.73. The summed E-state index contributed by atoms with van der Waals surface area (Å²) in [5, 5.41) is 11.5. The molecule has 0 radical (unpaired) electrons. The number of ether oxygens (including phenoxy) is 2. The first-order valence-corrected chi connectivity index (χ1v) is 9.70. The minimum absolute atomic E-state index is 0.0531. The lowest BCUT2D eigenvalue weighted by Gasteiger charge is -2.34. The highest BCUT2D eigenvalue weighted by atomic mass is 16.5. The molecule has 1 amide bonds. The van der Waals surface area contributed by atoms with E-state index in [1.165, 1.54) is 6.42 Å². The van der Waals surface area contributed by atoms with E-state index in [1.807, 2.05) is 26.0 Å². The Kier molecular flexibility index (Phi) is 6.80. The Balaban J connectivity index is 1.44. The number of carbonyl (C=O) groups excluding carboxylic acids is 1. The van der Waals surface area contributed by atoms with Crippen LogP contribution in [0.25, 0.3) is 0 Å². The van der Waals surface area contributed by atoms with Crippen LogP contribution in [0.1, 0.15) is 44.7 Å². The Labute approximate surface area is 155 Å². The van der Waals surface area contributed by atoms with Crippen molar-refractivity contribution in [3.05, 3.63) is 17.8 Å². The molecule has 0 bridgehead atoms. The van der Waals surface area contributed by atoms with E-state index >= 15 is 0 Å². The van der Waals surface area contributed by atoms with Gasteiger partial charge >= 0.3 is 0 Å². The number of aromatic nitrogens is 2. The lowest BCUT2D eigenvalue weighted by atomic mass is 10.1. The highest BCUT2D eigenvalue weighted by Gasteiger charge is 2.25. The maximum atomic E-state index is 12.4. The molecule has 3 unspecified atom stereocenters. The summed E-state index contributed by atoms with van der Waals surface area (Å²) in [7, 11) is 0. The molecule has 0 aliphatic carbocycles. The smallest absolute Gasteiger partial charge is 0.249 e. The SMILES string of the molecule is Cc1ccc(N2CCCC(NC(=O)C(C)OCC3CCCCO3)C2)nn1. The van der Waals surface area contributed by atoms with E-state index < -0.39 is 6.10 Å². The third-order valence-corrected chi connectivity index (χ3v) is 5.05. The Morgan fingerprint density at radius 2 is 2.23 bits per heavy atom. The molecule has 7 nitrogen and oxygen atoms in total. The van der Waals surface area contributed by atoms with Crippen molar-refractivity contribution in [2.75, 3.05) is 31.2 Å². The predicted octanol–water partition coefficient (Wildman–Crippen LogP) is 1.84.